The van der Waals surface area contributed by atoms with Crippen molar-refractivity contribution < 1.29 is 9.47 Å². The van der Waals surface area contributed by atoms with E-state index >= 15 is 0 Å². The molecule has 0 aliphatic carbocycles. The summed E-state index contributed by atoms with van der Waals surface area (Å²) >= 11 is 5.29. The zero-order valence-electron chi connectivity index (χ0n) is 19.5. The number of fused-ring (bicyclic) bond motifs is 1. The highest BCUT2D eigenvalue weighted by Gasteiger charge is 2.24. The molecule has 3 aromatic heterocycles. The third-order valence-corrected chi connectivity index (χ3v) is 7.18. The lowest BCUT2D eigenvalue weighted by molar-refractivity contribution is 0.122. The van der Waals surface area contributed by atoms with E-state index in [1.807, 2.05) is 6.07 Å². The van der Waals surface area contributed by atoms with Gasteiger partial charge in [-0.2, -0.15) is 12.6 Å². The van der Waals surface area contributed by atoms with Crippen molar-refractivity contribution in [2.24, 2.45) is 0 Å². The third kappa shape index (κ3) is 5.03. The van der Waals surface area contributed by atoms with E-state index in [4.69, 9.17) is 25.2 Å². The van der Waals surface area contributed by atoms with Crippen LogP contribution in [0.25, 0.3) is 21.5 Å². The number of nitrogen functional groups attached to an aromatic ring is 1. The number of morpholine rings is 1. The molecule has 5 heterocycles. The Morgan fingerprint density at radius 3 is 2.55 bits per heavy atom. The zero-order valence-corrected chi connectivity index (χ0v) is 21.2. The molecule has 2 aliphatic heterocycles. The lowest BCUT2D eigenvalue weighted by Crippen LogP contribution is -2.37. The normalized spacial score (nSPS) is 16.7. The summed E-state index contributed by atoms with van der Waals surface area (Å²) in [7, 11) is 1.57. The van der Waals surface area contributed by atoms with Crippen molar-refractivity contribution in [1.29, 1.82) is 0 Å². The van der Waals surface area contributed by atoms with Crippen molar-refractivity contribution in [3.8, 4) is 17.1 Å². The monoisotopic (exact) mass is 488 g/mol. The topological polar surface area (TPSA) is 89.6 Å². The van der Waals surface area contributed by atoms with Gasteiger partial charge in [-0.3, -0.25) is 4.90 Å². The highest BCUT2D eigenvalue weighted by atomic mass is 32.1. The Morgan fingerprint density at radius 1 is 1.15 bits per heavy atom. The fraction of sp³-hybridized carbons (Fsp3) is 0.522. The summed E-state index contributed by atoms with van der Waals surface area (Å²) in [5, 5.41) is 0. The van der Waals surface area contributed by atoms with Crippen molar-refractivity contribution in [3.63, 3.8) is 0 Å². The van der Waals surface area contributed by atoms with Crippen LogP contribution in [0.3, 0.4) is 0 Å². The zero-order chi connectivity index (χ0) is 23.4. The Balaban J connectivity index is 0.00000126. The van der Waals surface area contributed by atoms with E-state index in [1.54, 1.807) is 30.9 Å². The van der Waals surface area contributed by atoms with Crippen molar-refractivity contribution >= 4 is 45.8 Å². The summed E-state index contributed by atoms with van der Waals surface area (Å²) in [4.78, 5) is 20.5. The molecule has 10 heteroatoms. The SMILES string of the molecule is COc1ncc(-c2nc(N3CCOCC3)nc3c(CN4CCCC4)c(C)sc23)cc1N.CS. The molecule has 33 heavy (non-hydrogen) atoms. The minimum absolute atomic E-state index is 0.430. The Bertz CT molecular complexity index is 1090. The van der Waals surface area contributed by atoms with Gasteiger partial charge < -0.3 is 20.1 Å². The standard InChI is InChI=1S/C22H28N6O2S.CH4S/c1-14-16(13-27-5-3-4-6-27)19-20(31-14)18(15-11-17(23)21(29-2)24-12-15)25-22(26-19)28-7-9-30-10-8-28;1-2/h11-12H,3-10,13,23H2,1-2H3;2H,1H3. The lowest BCUT2D eigenvalue weighted by atomic mass is 10.1. The van der Waals surface area contributed by atoms with Crippen molar-refractivity contribution in [1.82, 2.24) is 19.9 Å². The molecule has 2 N–H and O–H groups in total. The van der Waals surface area contributed by atoms with Crippen molar-refractivity contribution in [3.05, 3.63) is 22.7 Å². The molecule has 8 nitrogen and oxygen atoms in total. The number of rotatable bonds is 5. The van der Waals surface area contributed by atoms with Crippen LogP contribution in [0.15, 0.2) is 12.3 Å². The molecule has 0 spiro atoms. The molecule has 0 radical (unpaired) electrons. The molecule has 0 bridgehead atoms. The molecular formula is C23H32N6O2S2. The fourth-order valence-corrected chi connectivity index (χ4v) is 5.46. The van der Waals surface area contributed by atoms with Crippen molar-refractivity contribution in [2.45, 2.75) is 26.3 Å². The van der Waals surface area contributed by atoms with Gasteiger partial charge in [0.15, 0.2) is 0 Å². The molecular weight excluding hydrogens is 456 g/mol. The maximum atomic E-state index is 6.18. The minimum atomic E-state index is 0.430. The molecule has 0 amide bonds. The molecule has 0 unspecified atom stereocenters. The maximum Gasteiger partial charge on any atom is 0.236 e. The Morgan fingerprint density at radius 2 is 1.88 bits per heavy atom. The fourth-order valence-electron chi connectivity index (χ4n) is 4.34. The van der Waals surface area contributed by atoms with E-state index in [9.17, 15) is 0 Å². The number of ether oxygens (including phenoxy) is 2. The van der Waals surface area contributed by atoms with Gasteiger partial charge in [-0.15, -0.1) is 11.3 Å². The number of hydrogen-bond donors (Lipinski definition) is 2. The van der Waals surface area contributed by atoms with Crippen LogP contribution in [-0.4, -0.2) is 72.6 Å². The number of thiophene rings is 1. The summed E-state index contributed by atoms with van der Waals surface area (Å²) in [5.41, 5.74) is 10.8. The van der Waals surface area contributed by atoms with Crippen LogP contribution in [0.4, 0.5) is 11.6 Å². The molecule has 2 saturated heterocycles. The second-order valence-electron chi connectivity index (χ2n) is 8.09. The second-order valence-corrected chi connectivity index (χ2v) is 9.32. The molecule has 0 aromatic carbocycles. The van der Waals surface area contributed by atoms with Crippen LogP contribution in [0.5, 0.6) is 5.88 Å². The molecule has 2 aliphatic rings. The molecule has 0 saturated carbocycles. The number of nitrogens with zero attached hydrogens (tertiary/aromatic N) is 5. The summed E-state index contributed by atoms with van der Waals surface area (Å²) in [6.07, 6.45) is 6.03. The number of methoxy groups -OCH3 is 1. The van der Waals surface area contributed by atoms with Crippen LogP contribution in [0.2, 0.25) is 0 Å². The number of nitrogens with two attached hydrogens (primary N) is 1. The summed E-state index contributed by atoms with van der Waals surface area (Å²) in [6, 6.07) is 1.89. The first kappa shape index (κ1) is 24.0. The third-order valence-electron chi connectivity index (χ3n) is 6.04. The van der Waals surface area contributed by atoms with E-state index in [-0.39, 0.29) is 0 Å². The van der Waals surface area contributed by atoms with Gasteiger partial charge in [-0.1, -0.05) is 0 Å². The van der Waals surface area contributed by atoms with E-state index in [1.165, 1.54) is 23.3 Å². The van der Waals surface area contributed by atoms with Crippen LogP contribution >= 0.6 is 24.0 Å². The number of thiol groups is 1. The summed E-state index contributed by atoms with van der Waals surface area (Å²) < 4.78 is 11.9. The van der Waals surface area contributed by atoms with Gasteiger partial charge in [0, 0.05) is 41.8 Å². The predicted molar refractivity (Wildman–Crippen MR) is 139 cm³/mol. The second kappa shape index (κ2) is 10.9. The number of aromatic nitrogens is 3. The van der Waals surface area contributed by atoms with E-state index in [2.05, 4.69) is 34.3 Å². The number of aryl methyl sites for hydroxylation is 1. The first-order chi connectivity index (χ1) is 16.1. The van der Waals surface area contributed by atoms with Crippen LogP contribution in [-0.2, 0) is 11.3 Å². The van der Waals surface area contributed by atoms with Gasteiger partial charge in [-0.05, 0) is 45.2 Å². The first-order valence-electron chi connectivity index (χ1n) is 11.2. The minimum Gasteiger partial charge on any atom is -0.480 e. The highest BCUT2D eigenvalue weighted by molar-refractivity contribution is 7.79. The Hall–Kier alpha value is -2.14. The van der Waals surface area contributed by atoms with E-state index in [0.29, 0.717) is 24.8 Å². The van der Waals surface area contributed by atoms with E-state index < -0.39 is 0 Å². The number of hydrogen-bond acceptors (Lipinski definition) is 10. The van der Waals surface area contributed by atoms with Gasteiger partial charge in [0.1, 0.15) is 0 Å². The van der Waals surface area contributed by atoms with Crippen LogP contribution < -0.4 is 15.4 Å². The smallest absolute Gasteiger partial charge is 0.236 e. The van der Waals surface area contributed by atoms with Gasteiger partial charge in [0.25, 0.3) is 0 Å². The van der Waals surface area contributed by atoms with Gasteiger partial charge in [0.2, 0.25) is 11.8 Å². The Kier molecular flexibility index (Phi) is 7.90. The average molecular weight is 489 g/mol. The number of pyridine rings is 1. The quantitative estimate of drug-likeness (QED) is 0.526. The molecule has 2 fully saturated rings. The van der Waals surface area contributed by atoms with Gasteiger partial charge in [-0.25, -0.2) is 15.0 Å². The van der Waals surface area contributed by atoms with Crippen molar-refractivity contribution in [2.75, 3.05) is 63.4 Å². The summed E-state index contributed by atoms with van der Waals surface area (Å²) in [6.45, 7) is 8.41. The molecule has 178 valence electrons. The first-order valence-corrected chi connectivity index (χ1v) is 12.9. The number of anilines is 2. The molecule has 3 aromatic rings. The van der Waals surface area contributed by atoms with Crippen LogP contribution in [0.1, 0.15) is 23.3 Å². The predicted octanol–water partition coefficient (Wildman–Crippen LogP) is 3.63. The Labute approximate surface area is 204 Å². The maximum absolute atomic E-state index is 6.18. The largest absolute Gasteiger partial charge is 0.480 e. The average Bonchev–Trinajstić information content (AvgIpc) is 3.48. The van der Waals surface area contributed by atoms with Crippen LogP contribution in [0, 0.1) is 6.92 Å². The molecule has 5 rings (SSSR count). The lowest BCUT2D eigenvalue weighted by Gasteiger charge is -2.27. The summed E-state index contributed by atoms with van der Waals surface area (Å²) in [5.74, 6) is 1.18. The number of likely N-dealkylation sites (tertiary alicyclic amines) is 1. The van der Waals surface area contributed by atoms with Gasteiger partial charge >= 0.3 is 0 Å². The van der Waals surface area contributed by atoms with E-state index in [0.717, 1.165) is 60.1 Å². The van der Waals surface area contributed by atoms with Gasteiger partial charge in [0.05, 0.1) is 41.9 Å². The molecule has 0 atom stereocenters. The highest BCUT2D eigenvalue weighted by Crippen LogP contribution is 2.39.